The van der Waals surface area contributed by atoms with Gasteiger partial charge in [-0.25, -0.2) is 0 Å². The first-order valence-electron chi connectivity index (χ1n) is 7.41. The Hall–Kier alpha value is -0.570. The number of carbonyl (C=O) groups is 1. The summed E-state index contributed by atoms with van der Waals surface area (Å²) in [6, 6.07) is 0. The monoisotopic (exact) mass is 269 g/mol. The van der Waals surface area contributed by atoms with E-state index in [1.54, 1.807) is 0 Å². The van der Waals surface area contributed by atoms with Gasteiger partial charge in [-0.05, 0) is 16.7 Å². The van der Waals surface area contributed by atoms with Crippen molar-refractivity contribution in [2.24, 2.45) is 22.7 Å². The summed E-state index contributed by atoms with van der Waals surface area (Å²) in [4.78, 5) is 14.9. The predicted molar refractivity (Wildman–Crippen MR) is 79.0 cm³/mol. The quantitative estimate of drug-likeness (QED) is 0.770. The minimum Gasteiger partial charge on any atom is -0.378 e. The van der Waals surface area contributed by atoms with Gasteiger partial charge in [-0.3, -0.25) is 4.79 Å². The van der Waals surface area contributed by atoms with Gasteiger partial charge in [0.05, 0.1) is 13.2 Å². The lowest BCUT2D eigenvalue weighted by Crippen LogP contribution is -2.50. The van der Waals surface area contributed by atoms with Crippen molar-refractivity contribution in [2.75, 3.05) is 26.3 Å². The Morgan fingerprint density at radius 2 is 1.47 bits per heavy atom. The van der Waals surface area contributed by atoms with E-state index in [0.29, 0.717) is 25.0 Å². The van der Waals surface area contributed by atoms with E-state index in [1.165, 1.54) is 0 Å². The molecule has 0 radical (unpaired) electrons. The molecule has 2 atom stereocenters. The Bertz CT molecular complexity index is 306. The molecule has 1 aliphatic rings. The molecule has 0 saturated carbocycles. The van der Waals surface area contributed by atoms with Crippen LogP contribution in [0.3, 0.4) is 0 Å². The summed E-state index contributed by atoms with van der Waals surface area (Å²) in [5, 5.41) is 0. The normalized spacial score (nSPS) is 21.1. The zero-order chi connectivity index (χ0) is 14.8. The van der Waals surface area contributed by atoms with Gasteiger partial charge in [0.2, 0.25) is 5.91 Å². The molecule has 112 valence electrons. The van der Waals surface area contributed by atoms with Crippen molar-refractivity contribution >= 4 is 5.91 Å². The molecule has 0 aliphatic carbocycles. The van der Waals surface area contributed by atoms with Crippen LogP contribution >= 0.6 is 0 Å². The van der Waals surface area contributed by atoms with E-state index < -0.39 is 0 Å². The first-order chi connectivity index (χ1) is 8.55. The highest BCUT2D eigenvalue weighted by molar-refractivity contribution is 5.80. The van der Waals surface area contributed by atoms with E-state index in [4.69, 9.17) is 4.74 Å². The van der Waals surface area contributed by atoms with Gasteiger partial charge >= 0.3 is 0 Å². The maximum absolute atomic E-state index is 12.9. The summed E-state index contributed by atoms with van der Waals surface area (Å²) in [6.07, 6.45) is 0. The average molecular weight is 269 g/mol. The molecule has 0 aromatic rings. The Morgan fingerprint density at radius 3 is 1.84 bits per heavy atom. The van der Waals surface area contributed by atoms with Crippen LogP contribution in [0.1, 0.15) is 48.5 Å². The van der Waals surface area contributed by atoms with Crippen molar-refractivity contribution in [3.05, 3.63) is 0 Å². The molecular formula is C16H31NO2. The minimum absolute atomic E-state index is 0.0118. The molecule has 1 saturated heterocycles. The van der Waals surface area contributed by atoms with Crippen LogP contribution in [-0.2, 0) is 9.53 Å². The number of carbonyl (C=O) groups excluding carboxylic acids is 1. The molecule has 0 spiro atoms. The van der Waals surface area contributed by atoms with Crippen LogP contribution in [0.4, 0.5) is 0 Å². The fourth-order valence-electron chi connectivity index (χ4n) is 2.81. The van der Waals surface area contributed by atoms with Gasteiger partial charge in [-0.15, -0.1) is 0 Å². The number of hydrogen-bond donors (Lipinski definition) is 0. The first kappa shape index (κ1) is 16.5. The zero-order valence-electron chi connectivity index (χ0n) is 13.7. The number of rotatable bonds is 2. The summed E-state index contributed by atoms with van der Waals surface area (Å²) >= 11 is 0. The van der Waals surface area contributed by atoms with Gasteiger partial charge in [0.25, 0.3) is 0 Å². The third-order valence-electron chi connectivity index (χ3n) is 4.39. The Morgan fingerprint density at radius 1 is 1.00 bits per heavy atom. The number of ether oxygens (including phenoxy) is 1. The van der Waals surface area contributed by atoms with Crippen molar-refractivity contribution in [3.8, 4) is 0 Å². The number of morpholine rings is 1. The van der Waals surface area contributed by atoms with Gasteiger partial charge < -0.3 is 9.64 Å². The second-order valence-electron chi connectivity index (χ2n) is 7.94. The minimum atomic E-state index is -0.0118. The van der Waals surface area contributed by atoms with Crippen LogP contribution in [0.2, 0.25) is 0 Å². The van der Waals surface area contributed by atoms with E-state index in [2.05, 4.69) is 48.5 Å². The Balaban J connectivity index is 2.94. The van der Waals surface area contributed by atoms with Crippen molar-refractivity contribution in [3.63, 3.8) is 0 Å². The van der Waals surface area contributed by atoms with Gasteiger partial charge in [0.15, 0.2) is 0 Å². The molecular weight excluding hydrogens is 238 g/mol. The zero-order valence-corrected chi connectivity index (χ0v) is 13.7. The third kappa shape index (κ3) is 4.20. The smallest absolute Gasteiger partial charge is 0.226 e. The third-order valence-corrected chi connectivity index (χ3v) is 4.39. The van der Waals surface area contributed by atoms with Crippen molar-refractivity contribution in [2.45, 2.75) is 48.5 Å². The molecule has 1 heterocycles. The molecule has 0 aromatic carbocycles. The second kappa shape index (κ2) is 5.82. The van der Waals surface area contributed by atoms with Crippen molar-refractivity contribution in [1.82, 2.24) is 4.90 Å². The van der Waals surface area contributed by atoms with E-state index in [9.17, 15) is 4.79 Å². The van der Waals surface area contributed by atoms with E-state index in [1.807, 2.05) is 4.90 Å². The van der Waals surface area contributed by atoms with Gasteiger partial charge in [-0.2, -0.15) is 0 Å². The fraction of sp³-hybridized carbons (Fsp3) is 0.938. The Kier molecular flexibility index (Phi) is 5.05. The van der Waals surface area contributed by atoms with Gasteiger partial charge in [0, 0.05) is 19.0 Å². The number of hydrogen-bond acceptors (Lipinski definition) is 2. The van der Waals surface area contributed by atoms with E-state index >= 15 is 0 Å². The van der Waals surface area contributed by atoms with Crippen molar-refractivity contribution < 1.29 is 9.53 Å². The standard InChI is InChI=1S/C16H31NO2/c1-12(15(2,3)4)13(16(5,6)7)14(18)17-8-10-19-11-9-17/h12-13H,8-11H2,1-7H3. The molecule has 3 heteroatoms. The van der Waals surface area contributed by atoms with E-state index in [-0.39, 0.29) is 16.7 Å². The number of amides is 1. The molecule has 1 aliphatic heterocycles. The average Bonchev–Trinajstić information content (AvgIpc) is 2.27. The van der Waals surface area contributed by atoms with Crippen LogP contribution in [0, 0.1) is 22.7 Å². The molecule has 3 nitrogen and oxygen atoms in total. The van der Waals surface area contributed by atoms with Crippen LogP contribution in [0.25, 0.3) is 0 Å². The maximum atomic E-state index is 12.9. The van der Waals surface area contributed by atoms with Crippen LogP contribution in [-0.4, -0.2) is 37.1 Å². The lowest BCUT2D eigenvalue weighted by molar-refractivity contribution is -0.147. The van der Waals surface area contributed by atoms with Crippen molar-refractivity contribution in [1.29, 1.82) is 0 Å². The highest BCUT2D eigenvalue weighted by Crippen LogP contribution is 2.42. The summed E-state index contributed by atoms with van der Waals surface area (Å²) in [6.45, 7) is 18.3. The number of nitrogens with zero attached hydrogens (tertiary/aromatic N) is 1. The lowest BCUT2D eigenvalue weighted by Gasteiger charge is -2.43. The maximum Gasteiger partial charge on any atom is 0.226 e. The molecule has 1 fully saturated rings. The van der Waals surface area contributed by atoms with Gasteiger partial charge in [-0.1, -0.05) is 48.5 Å². The molecule has 0 aromatic heterocycles. The molecule has 0 bridgehead atoms. The topological polar surface area (TPSA) is 29.5 Å². The molecule has 1 rings (SSSR count). The first-order valence-corrected chi connectivity index (χ1v) is 7.41. The molecule has 1 amide bonds. The van der Waals surface area contributed by atoms with Crippen LogP contribution in [0.15, 0.2) is 0 Å². The highest BCUT2D eigenvalue weighted by atomic mass is 16.5. The summed E-state index contributed by atoms with van der Waals surface area (Å²) in [5.41, 5.74) is 0.127. The summed E-state index contributed by atoms with van der Waals surface area (Å²) < 4.78 is 5.35. The summed E-state index contributed by atoms with van der Waals surface area (Å²) in [7, 11) is 0. The predicted octanol–water partition coefficient (Wildman–Crippen LogP) is 3.19. The van der Waals surface area contributed by atoms with Gasteiger partial charge in [0.1, 0.15) is 0 Å². The van der Waals surface area contributed by atoms with E-state index in [0.717, 1.165) is 13.1 Å². The Labute approximate surface area is 118 Å². The van der Waals surface area contributed by atoms with Crippen LogP contribution < -0.4 is 0 Å². The SMILES string of the molecule is CC(C(C(=O)N1CCOCC1)C(C)(C)C)C(C)(C)C. The lowest BCUT2D eigenvalue weighted by atomic mass is 9.64. The molecule has 0 N–H and O–H groups in total. The second-order valence-corrected chi connectivity index (χ2v) is 7.94. The van der Waals surface area contributed by atoms with Crippen LogP contribution in [0.5, 0.6) is 0 Å². The summed E-state index contributed by atoms with van der Waals surface area (Å²) in [5.74, 6) is 0.715. The fourth-order valence-corrected chi connectivity index (χ4v) is 2.81. The molecule has 19 heavy (non-hydrogen) atoms. The molecule has 2 unspecified atom stereocenters. The highest BCUT2D eigenvalue weighted by Gasteiger charge is 2.42. The largest absolute Gasteiger partial charge is 0.378 e.